The molecule has 0 bridgehead atoms. The molecule has 1 atom stereocenters. The maximum atomic E-state index is 13.1. The fraction of sp³-hybridized carbons (Fsp3) is 0.444. The molecule has 44 heavy (non-hydrogen) atoms. The maximum absolute atomic E-state index is 13.1. The number of benzene rings is 3. The normalized spacial score (nSPS) is 14.4. The first-order valence-corrected chi connectivity index (χ1v) is 15.7. The molecule has 1 heterocycles. The highest BCUT2D eigenvalue weighted by molar-refractivity contribution is 5.78. The SMILES string of the molecule is CCOC(=O)CCCCCCOc1ccc2c(c1)CCN(CC(=O)NCc1ccccc1)C2Cc1ccc(OC)c(OC)c1. The molecule has 3 aromatic carbocycles. The van der Waals surface area contributed by atoms with Gasteiger partial charge in [0, 0.05) is 25.6 Å². The molecule has 0 spiro atoms. The number of hydrogen-bond donors (Lipinski definition) is 1. The highest BCUT2D eigenvalue weighted by Crippen LogP contribution is 2.36. The van der Waals surface area contributed by atoms with Gasteiger partial charge in [0.25, 0.3) is 0 Å². The van der Waals surface area contributed by atoms with Crippen molar-refractivity contribution in [1.82, 2.24) is 10.2 Å². The number of carbonyl (C=O) groups excluding carboxylic acids is 2. The van der Waals surface area contributed by atoms with Gasteiger partial charge in [-0.2, -0.15) is 0 Å². The number of carbonyl (C=O) groups is 2. The highest BCUT2D eigenvalue weighted by atomic mass is 16.5. The molecule has 1 aliphatic heterocycles. The Labute approximate surface area is 261 Å². The Morgan fingerprint density at radius 3 is 2.45 bits per heavy atom. The van der Waals surface area contributed by atoms with Crippen LogP contribution in [0.4, 0.5) is 0 Å². The second-order valence-electron chi connectivity index (χ2n) is 11.1. The number of nitrogens with one attached hydrogen (secondary N) is 1. The van der Waals surface area contributed by atoms with Crippen LogP contribution in [0.1, 0.15) is 67.3 Å². The summed E-state index contributed by atoms with van der Waals surface area (Å²) in [4.78, 5) is 26.8. The third kappa shape index (κ3) is 9.74. The molecule has 4 rings (SSSR count). The lowest BCUT2D eigenvalue weighted by Crippen LogP contribution is -2.43. The average Bonchev–Trinajstić information content (AvgIpc) is 3.04. The van der Waals surface area contributed by atoms with Crippen molar-refractivity contribution in [2.24, 2.45) is 0 Å². The van der Waals surface area contributed by atoms with Gasteiger partial charge < -0.3 is 24.3 Å². The lowest BCUT2D eigenvalue weighted by molar-refractivity contribution is -0.143. The molecule has 8 heteroatoms. The van der Waals surface area contributed by atoms with E-state index in [4.69, 9.17) is 18.9 Å². The summed E-state index contributed by atoms with van der Waals surface area (Å²) in [6.07, 6.45) is 5.83. The van der Waals surface area contributed by atoms with Crippen molar-refractivity contribution in [3.05, 3.63) is 89.0 Å². The summed E-state index contributed by atoms with van der Waals surface area (Å²) in [5.74, 6) is 2.15. The van der Waals surface area contributed by atoms with Gasteiger partial charge in [-0.1, -0.05) is 55.3 Å². The van der Waals surface area contributed by atoms with Gasteiger partial charge >= 0.3 is 5.97 Å². The molecule has 1 unspecified atom stereocenters. The van der Waals surface area contributed by atoms with Crippen LogP contribution in [0.2, 0.25) is 0 Å². The quantitative estimate of drug-likeness (QED) is 0.149. The number of hydrogen-bond acceptors (Lipinski definition) is 7. The van der Waals surface area contributed by atoms with E-state index in [1.165, 1.54) is 11.1 Å². The summed E-state index contributed by atoms with van der Waals surface area (Å²) in [5.41, 5.74) is 4.66. The molecule has 8 nitrogen and oxygen atoms in total. The van der Waals surface area contributed by atoms with Crippen LogP contribution in [0.25, 0.3) is 0 Å². The Morgan fingerprint density at radius 2 is 1.68 bits per heavy atom. The van der Waals surface area contributed by atoms with Gasteiger partial charge in [0.15, 0.2) is 11.5 Å². The van der Waals surface area contributed by atoms with E-state index in [2.05, 4.69) is 28.4 Å². The first-order valence-electron chi connectivity index (χ1n) is 15.7. The minimum absolute atomic E-state index is 0.0109. The number of nitrogens with zero attached hydrogens (tertiary/aromatic N) is 1. The molecule has 0 aromatic heterocycles. The summed E-state index contributed by atoms with van der Waals surface area (Å²) in [5, 5.41) is 3.09. The Hall–Kier alpha value is -4.04. The van der Waals surface area contributed by atoms with Gasteiger partial charge in [0.05, 0.1) is 34.0 Å². The average molecular weight is 603 g/mol. The summed E-state index contributed by atoms with van der Waals surface area (Å²) in [6, 6.07) is 22.4. The predicted octanol–water partition coefficient (Wildman–Crippen LogP) is 6.05. The number of esters is 1. The van der Waals surface area contributed by atoms with Crippen LogP contribution in [0.3, 0.4) is 0 Å². The molecular formula is C36H46N2O6. The number of methoxy groups -OCH3 is 2. The fourth-order valence-corrected chi connectivity index (χ4v) is 5.67. The van der Waals surface area contributed by atoms with E-state index in [1.54, 1.807) is 14.2 Å². The van der Waals surface area contributed by atoms with Crippen LogP contribution in [-0.2, 0) is 33.7 Å². The minimum Gasteiger partial charge on any atom is -0.494 e. The third-order valence-electron chi connectivity index (χ3n) is 7.99. The van der Waals surface area contributed by atoms with Gasteiger partial charge in [0.1, 0.15) is 5.75 Å². The van der Waals surface area contributed by atoms with Crippen molar-refractivity contribution in [2.45, 2.75) is 64.5 Å². The number of rotatable bonds is 17. The van der Waals surface area contributed by atoms with Crippen molar-refractivity contribution in [3.8, 4) is 17.2 Å². The Bertz CT molecular complexity index is 1350. The van der Waals surface area contributed by atoms with Crippen molar-refractivity contribution in [3.63, 3.8) is 0 Å². The summed E-state index contributed by atoms with van der Waals surface area (Å²) >= 11 is 0. The number of ether oxygens (including phenoxy) is 4. The molecule has 0 aliphatic carbocycles. The molecule has 1 N–H and O–H groups in total. The third-order valence-corrected chi connectivity index (χ3v) is 7.99. The zero-order valence-corrected chi connectivity index (χ0v) is 26.3. The van der Waals surface area contributed by atoms with E-state index in [9.17, 15) is 9.59 Å². The molecule has 0 saturated heterocycles. The Balaban J connectivity index is 1.40. The van der Waals surface area contributed by atoms with Gasteiger partial charge in [-0.3, -0.25) is 14.5 Å². The standard InChI is InChI=1S/C36H46N2O6/c1-4-43-36(40)14-10-5-6-11-21-44-30-16-17-31-29(24-30)19-20-38(26-35(39)37-25-27-12-8-7-9-13-27)32(31)22-28-15-18-33(41-2)34(23-28)42-3/h7-9,12-13,15-18,23-24,32H,4-6,10-11,14,19-22,25-26H2,1-3H3,(H,37,39). The Morgan fingerprint density at radius 1 is 0.886 bits per heavy atom. The lowest BCUT2D eigenvalue weighted by atomic mass is 9.88. The van der Waals surface area contributed by atoms with Crippen molar-refractivity contribution >= 4 is 11.9 Å². The van der Waals surface area contributed by atoms with Gasteiger partial charge in [-0.25, -0.2) is 0 Å². The molecule has 1 aliphatic rings. The largest absolute Gasteiger partial charge is 0.494 e. The van der Waals surface area contributed by atoms with Crippen LogP contribution in [0, 0.1) is 0 Å². The second kappa shape index (κ2) is 17.3. The summed E-state index contributed by atoms with van der Waals surface area (Å²) in [7, 11) is 3.28. The smallest absolute Gasteiger partial charge is 0.305 e. The monoisotopic (exact) mass is 602 g/mol. The minimum atomic E-state index is -0.117. The van der Waals surface area contributed by atoms with Crippen LogP contribution in [0.5, 0.6) is 17.2 Å². The topological polar surface area (TPSA) is 86.3 Å². The maximum Gasteiger partial charge on any atom is 0.305 e. The first-order chi connectivity index (χ1) is 21.5. The van der Waals surface area contributed by atoms with Gasteiger partial charge in [0.2, 0.25) is 5.91 Å². The van der Waals surface area contributed by atoms with Crippen LogP contribution >= 0.6 is 0 Å². The lowest BCUT2D eigenvalue weighted by Gasteiger charge is -2.37. The molecule has 0 radical (unpaired) electrons. The zero-order chi connectivity index (χ0) is 31.1. The second-order valence-corrected chi connectivity index (χ2v) is 11.1. The van der Waals surface area contributed by atoms with E-state index in [0.29, 0.717) is 44.2 Å². The first kappa shape index (κ1) is 32.9. The summed E-state index contributed by atoms with van der Waals surface area (Å²) < 4.78 is 22.1. The van der Waals surface area contributed by atoms with E-state index < -0.39 is 0 Å². The number of fused-ring (bicyclic) bond motifs is 1. The van der Waals surface area contributed by atoms with Crippen molar-refractivity contribution in [1.29, 1.82) is 0 Å². The number of unbranched alkanes of at least 4 members (excludes halogenated alkanes) is 3. The van der Waals surface area contributed by atoms with E-state index in [1.807, 2.05) is 55.5 Å². The van der Waals surface area contributed by atoms with Crippen LogP contribution in [-0.4, -0.2) is 57.3 Å². The molecular weight excluding hydrogens is 556 g/mol. The van der Waals surface area contributed by atoms with Crippen molar-refractivity contribution in [2.75, 3.05) is 40.5 Å². The zero-order valence-electron chi connectivity index (χ0n) is 26.3. The van der Waals surface area contributed by atoms with Crippen molar-refractivity contribution < 1.29 is 28.5 Å². The molecule has 236 valence electrons. The molecule has 1 amide bonds. The van der Waals surface area contributed by atoms with Crippen LogP contribution in [0.15, 0.2) is 66.7 Å². The predicted molar refractivity (Wildman–Crippen MR) is 171 cm³/mol. The van der Waals surface area contributed by atoms with Gasteiger partial charge in [-0.15, -0.1) is 0 Å². The molecule has 0 saturated carbocycles. The van der Waals surface area contributed by atoms with E-state index in [0.717, 1.165) is 61.9 Å². The fourth-order valence-electron chi connectivity index (χ4n) is 5.67. The molecule has 0 fully saturated rings. The van der Waals surface area contributed by atoms with Crippen LogP contribution < -0.4 is 19.5 Å². The summed E-state index contributed by atoms with van der Waals surface area (Å²) in [6.45, 7) is 4.51. The number of amides is 1. The Kier molecular flexibility index (Phi) is 12.9. The highest BCUT2D eigenvalue weighted by Gasteiger charge is 2.29. The van der Waals surface area contributed by atoms with E-state index in [-0.39, 0.29) is 17.9 Å². The molecule has 3 aromatic rings. The van der Waals surface area contributed by atoms with Gasteiger partial charge in [-0.05, 0) is 79.1 Å². The van der Waals surface area contributed by atoms with E-state index >= 15 is 0 Å².